The summed E-state index contributed by atoms with van der Waals surface area (Å²) in [5, 5.41) is 12.5. The first kappa shape index (κ1) is 25.5. The van der Waals surface area contributed by atoms with Gasteiger partial charge >= 0.3 is 0 Å². The molecule has 4 rings (SSSR count). The van der Waals surface area contributed by atoms with Crippen LogP contribution >= 0.6 is 11.8 Å². The molecule has 186 valence electrons. The van der Waals surface area contributed by atoms with E-state index in [9.17, 15) is 4.79 Å². The Kier molecular flexibility index (Phi) is 7.79. The van der Waals surface area contributed by atoms with E-state index in [0.717, 1.165) is 44.9 Å². The van der Waals surface area contributed by atoms with E-state index in [4.69, 9.17) is 4.74 Å². The summed E-state index contributed by atoms with van der Waals surface area (Å²) in [7, 11) is 0. The molecule has 7 heteroatoms. The number of nitrogens with one attached hydrogen (secondary N) is 1. The van der Waals surface area contributed by atoms with Gasteiger partial charge in [0, 0.05) is 11.4 Å². The van der Waals surface area contributed by atoms with Crippen molar-refractivity contribution in [2.75, 3.05) is 11.1 Å². The minimum Gasteiger partial charge on any atom is -0.485 e. The van der Waals surface area contributed by atoms with Crippen LogP contribution in [0.5, 0.6) is 5.75 Å². The quantitative estimate of drug-likeness (QED) is 0.283. The second kappa shape index (κ2) is 11.0. The molecule has 0 unspecified atom stereocenters. The maximum Gasteiger partial charge on any atom is 0.234 e. The van der Waals surface area contributed by atoms with Crippen LogP contribution in [0.4, 0.5) is 5.69 Å². The molecule has 0 saturated carbocycles. The van der Waals surface area contributed by atoms with Crippen molar-refractivity contribution in [3.63, 3.8) is 0 Å². The Labute approximate surface area is 217 Å². The first-order valence-electron chi connectivity index (χ1n) is 11.9. The Morgan fingerprint density at radius 2 is 1.50 bits per heavy atom. The third-order valence-corrected chi connectivity index (χ3v) is 6.95. The molecule has 0 atom stereocenters. The van der Waals surface area contributed by atoms with Gasteiger partial charge in [-0.25, -0.2) is 0 Å². The normalized spacial score (nSPS) is 10.9. The molecule has 1 amide bonds. The molecule has 0 radical (unpaired) electrons. The van der Waals surface area contributed by atoms with Crippen LogP contribution in [-0.4, -0.2) is 26.4 Å². The fraction of sp³-hybridized carbons (Fsp3) is 0.276. The number of para-hydroxylation sites is 1. The molecular formula is C29H32N4O2S. The Morgan fingerprint density at radius 1 is 0.861 bits per heavy atom. The molecule has 0 spiro atoms. The third-order valence-electron chi connectivity index (χ3n) is 6.02. The molecule has 6 nitrogen and oxygen atoms in total. The summed E-state index contributed by atoms with van der Waals surface area (Å²) in [6, 6.07) is 18.4. The molecule has 0 fully saturated rings. The van der Waals surface area contributed by atoms with Crippen molar-refractivity contribution in [1.82, 2.24) is 14.8 Å². The molecule has 0 aliphatic carbocycles. The van der Waals surface area contributed by atoms with E-state index in [0.29, 0.717) is 11.0 Å². The average molecular weight is 501 g/mol. The standard InChI is InChI=1S/C29H32N4O2S/c1-18-10-12-24(13-11-18)33-25(16-35-28-20(3)8-7-9-21(28)4)31-32-29(33)36-17-26(34)30-27-22(5)14-19(2)15-23(27)6/h7-15H,16-17H2,1-6H3,(H,30,34). The summed E-state index contributed by atoms with van der Waals surface area (Å²) < 4.78 is 8.15. The van der Waals surface area contributed by atoms with E-state index >= 15 is 0 Å². The van der Waals surface area contributed by atoms with Gasteiger partial charge in [0.15, 0.2) is 11.0 Å². The second-order valence-electron chi connectivity index (χ2n) is 9.19. The Balaban J connectivity index is 1.55. The van der Waals surface area contributed by atoms with Crippen LogP contribution in [-0.2, 0) is 11.4 Å². The molecular weight excluding hydrogens is 468 g/mol. The highest BCUT2D eigenvalue weighted by molar-refractivity contribution is 7.99. The van der Waals surface area contributed by atoms with Crippen molar-refractivity contribution in [2.45, 2.75) is 53.3 Å². The SMILES string of the molecule is Cc1ccc(-n2c(COc3c(C)cccc3C)nnc2SCC(=O)Nc2c(C)cc(C)cc2C)cc1. The summed E-state index contributed by atoms with van der Waals surface area (Å²) in [6.45, 7) is 12.5. The van der Waals surface area contributed by atoms with E-state index in [-0.39, 0.29) is 18.3 Å². The minimum absolute atomic E-state index is 0.0816. The molecule has 3 aromatic carbocycles. The molecule has 4 aromatic rings. The lowest BCUT2D eigenvalue weighted by molar-refractivity contribution is -0.113. The Morgan fingerprint density at radius 3 is 2.14 bits per heavy atom. The zero-order chi connectivity index (χ0) is 25.8. The summed E-state index contributed by atoms with van der Waals surface area (Å²) >= 11 is 1.36. The van der Waals surface area contributed by atoms with Crippen LogP contribution in [0.2, 0.25) is 0 Å². The second-order valence-corrected chi connectivity index (χ2v) is 10.1. The number of aryl methyl sites for hydroxylation is 6. The summed E-state index contributed by atoms with van der Waals surface area (Å²) in [4.78, 5) is 12.8. The van der Waals surface area contributed by atoms with Crippen molar-refractivity contribution in [3.05, 3.63) is 93.8 Å². The fourth-order valence-corrected chi connectivity index (χ4v) is 5.06. The number of rotatable bonds is 8. The smallest absolute Gasteiger partial charge is 0.234 e. The highest BCUT2D eigenvalue weighted by Crippen LogP contribution is 2.27. The maximum absolute atomic E-state index is 12.8. The van der Waals surface area contributed by atoms with E-state index in [1.807, 2.05) is 62.6 Å². The van der Waals surface area contributed by atoms with E-state index in [1.165, 1.54) is 17.3 Å². The largest absolute Gasteiger partial charge is 0.485 e. The van der Waals surface area contributed by atoms with Crippen molar-refractivity contribution in [3.8, 4) is 11.4 Å². The molecule has 0 bridgehead atoms. The van der Waals surface area contributed by atoms with Gasteiger partial charge in [0.05, 0.1) is 5.75 Å². The van der Waals surface area contributed by atoms with Gasteiger partial charge in [-0.15, -0.1) is 10.2 Å². The topological polar surface area (TPSA) is 69.0 Å². The number of amides is 1. The number of hydrogen-bond donors (Lipinski definition) is 1. The molecule has 1 aromatic heterocycles. The number of anilines is 1. The monoisotopic (exact) mass is 500 g/mol. The van der Waals surface area contributed by atoms with E-state index < -0.39 is 0 Å². The number of benzene rings is 3. The first-order valence-corrected chi connectivity index (χ1v) is 12.9. The van der Waals surface area contributed by atoms with Crippen molar-refractivity contribution < 1.29 is 9.53 Å². The van der Waals surface area contributed by atoms with Gasteiger partial charge in [0.2, 0.25) is 5.91 Å². The highest BCUT2D eigenvalue weighted by atomic mass is 32.2. The predicted molar refractivity (Wildman–Crippen MR) is 146 cm³/mol. The number of aromatic nitrogens is 3. The van der Waals surface area contributed by atoms with Gasteiger partial charge in [-0.05, 0) is 75.9 Å². The van der Waals surface area contributed by atoms with Gasteiger partial charge in [-0.2, -0.15) is 0 Å². The Bertz CT molecular complexity index is 1350. The number of ether oxygens (including phenoxy) is 1. The molecule has 0 aliphatic rings. The van der Waals surface area contributed by atoms with Crippen LogP contribution in [0, 0.1) is 41.5 Å². The summed E-state index contributed by atoms with van der Waals surface area (Å²) in [6.07, 6.45) is 0. The predicted octanol–water partition coefficient (Wildman–Crippen LogP) is 6.43. The van der Waals surface area contributed by atoms with Crippen LogP contribution in [0.3, 0.4) is 0 Å². The minimum atomic E-state index is -0.0816. The number of thioether (sulfide) groups is 1. The van der Waals surface area contributed by atoms with Crippen LogP contribution in [0.15, 0.2) is 59.8 Å². The molecule has 0 saturated heterocycles. The lowest BCUT2D eigenvalue weighted by atomic mass is 10.1. The third kappa shape index (κ3) is 5.79. The Hall–Kier alpha value is -3.58. The van der Waals surface area contributed by atoms with Gasteiger partial charge < -0.3 is 10.1 Å². The fourth-order valence-electron chi connectivity index (χ4n) is 4.29. The number of hydrogen-bond acceptors (Lipinski definition) is 5. The molecule has 36 heavy (non-hydrogen) atoms. The van der Waals surface area contributed by atoms with E-state index in [2.05, 4.69) is 53.6 Å². The highest BCUT2D eigenvalue weighted by Gasteiger charge is 2.18. The van der Waals surface area contributed by atoms with Crippen LogP contribution < -0.4 is 10.1 Å². The van der Waals surface area contributed by atoms with Crippen LogP contribution in [0.25, 0.3) is 5.69 Å². The molecule has 0 aliphatic heterocycles. The number of carbonyl (C=O) groups is 1. The lowest BCUT2D eigenvalue weighted by Gasteiger charge is -2.14. The lowest BCUT2D eigenvalue weighted by Crippen LogP contribution is -2.16. The number of carbonyl (C=O) groups excluding carboxylic acids is 1. The van der Waals surface area contributed by atoms with E-state index in [1.54, 1.807) is 0 Å². The molecule has 1 N–H and O–H groups in total. The summed E-state index contributed by atoms with van der Waals surface area (Å²) in [5.74, 6) is 1.67. The summed E-state index contributed by atoms with van der Waals surface area (Å²) in [5.41, 5.74) is 8.40. The van der Waals surface area contributed by atoms with Crippen molar-refractivity contribution in [2.24, 2.45) is 0 Å². The van der Waals surface area contributed by atoms with Gasteiger partial charge in [0.25, 0.3) is 0 Å². The van der Waals surface area contributed by atoms with Gasteiger partial charge in [-0.3, -0.25) is 9.36 Å². The van der Waals surface area contributed by atoms with Gasteiger partial charge in [0.1, 0.15) is 12.4 Å². The van der Waals surface area contributed by atoms with Crippen molar-refractivity contribution >= 4 is 23.4 Å². The zero-order valence-electron chi connectivity index (χ0n) is 21.7. The first-order chi connectivity index (χ1) is 17.2. The molecule has 1 heterocycles. The maximum atomic E-state index is 12.8. The average Bonchev–Trinajstić information content (AvgIpc) is 3.23. The van der Waals surface area contributed by atoms with Gasteiger partial charge in [-0.1, -0.05) is 65.4 Å². The van der Waals surface area contributed by atoms with Crippen LogP contribution in [0.1, 0.15) is 39.2 Å². The van der Waals surface area contributed by atoms with Crippen molar-refractivity contribution in [1.29, 1.82) is 0 Å². The number of nitrogens with zero attached hydrogens (tertiary/aromatic N) is 3. The zero-order valence-corrected chi connectivity index (χ0v) is 22.5.